The molecule has 1 N–H and O–H groups in total. The van der Waals surface area contributed by atoms with E-state index in [1.807, 2.05) is 0 Å². The van der Waals surface area contributed by atoms with Crippen molar-refractivity contribution in [2.24, 2.45) is 5.16 Å². The molecule has 0 unspecified atom stereocenters. The highest BCUT2D eigenvalue weighted by atomic mass is 32.2. The molecule has 0 atom stereocenters. The Bertz CT molecular complexity index is 642. The Hall–Kier alpha value is -1.89. The fourth-order valence-electron chi connectivity index (χ4n) is 2.11. The molecule has 1 aromatic carbocycles. The van der Waals surface area contributed by atoms with Crippen LogP contribution in [0.4, 0.5) is 0 Å². The number of amides is 1. The van der Waals surface area contributed by atoms with Crippen molar-refractivity contribution in [1.82, 2.24) is 4.90 Å². The number of carbonyl (C=O) groups is 1. The summed E-state index contributed by atoms with van der Waals surface area (Å²) >= 11 is 0. The van der Waals surface area contributed by atoms with Crippen LogP contribution in [0.2, 0.25) is 0 Å². The lowest BCUT2D eigenvalue weighted by Crippen LogP contribution is -2.38. The van der Waals surface area contributed by atoms with Crippen LogP contribution in [0, 0.1) is 0 Å². The molecule has 1 aliphatic heterocycles. The first-order chi connectivity index (χ1) is 9.41. The highest BCUT2D eigenvalue weighted by Gasteiger charge is 2.22. The van der Waals surface area contributed by atoms with E-state index in [9.17, 15) is 13.2 Å². The fraction of sp³-hybridized carbons (Fsp3) is 0.385. The second-order valence-corrected chi connectivity index (χ2v) is 6.77. The average molecular weight is 296 g/mol. The lowest BCUT2D eigenvalue weighted by Gasteiger charge is -2.27. The summed E-state index contributed by atoms with van der Waals surface area (Å²) in [7, 11) is -3.33. The van der Waals surface area contributed by atoms with Crippen molar-refractivity contribution in [3.05, 3.63) is 29.8 Å². The van der Waals surface area contributed by atoms with Gasteiger partial charge in [-0.25, -0.2) is 8.42 Å². The van der Waals surface area contributed by atoms with Gasteiger partial charge >= 0.3 is 0 Å². The first kappa shape index (κ1) is 14.5. The van der Waals surface area contributed by atoms with Crippen molar-refractivity contribution in [1.29, 1.82) is 0 Å². The molecule has 1 aromatic rings. The van der Waals surface area contributed by atoms with E-state index in [1.165, 1.54) is 12.1 Å². The number of benzene rings is 1. The van der Waals surface area contributed by atoms with Crippen LogP contribution >= 0.6 is 0 Å². The van der Waals surface area contributed by atoms with Crippen molar-refractivity contribution in [2.45, 2.75) is 17.7 Å². The van der Waals surface area contributed by atoms with E-state index in [2.05, 4.69) is 5.16 Å². The number of nitrogens with zero attached hydrogens (tertiary/aromatic N) is 2. The zero-order valence-electron chi connectivity index (χ0n) is 11.1. The number of hydrogen-bond donors (Lipinski definition) is 1. The molecule has 0 saturated carbocycles. The van der Waals surface area contributed by atoms with E-state index in [4.69, 9.17) is 5.21 Å². The van der Waals surface area contributed by atoms with Crippen LogP contribution in [0.25, 0.3) is 0 Å². The van der Waals surface area contributed by atoms with Crippen LogP contribution in [0.1, 0.15) is 23.2 Å². The van der Waals surface area contributed by atoms with Crippen LogP contribution in [-0.4, -0.2) is 49.5 Å². The summed E-state index contributed by atoms with van der Waals surface area (Å²) in [5.74, 6) is -0.201. The molecular formula is C13H16N2O4S. The number of piperidine rings is 1. The second-order valence-electron chi connectivity index (χ2n) is 4.76. The fourth-order valence-corrected chi connectivity index (χ4v) is 2.78. The van der Waals surface area contributed by atoms with Gasteiger partial charge in [0.25, 0.3) is 5.91 Å². The van der Waals surface area contributed by atoms with Gasteiger partial charge < -0.3 is 10.1 Å². The molecule has 1 amide bonds. The topological polar surface area (TPSA) is 87.0 Å². The zero-order chi connectivity index (χ0) is 14.8. The normalized spacial score (nSPS) is 16.1. The molecule has 108 valence electrons. The highest BCUT2D eigenvalue weighted by Crippen LogP contribution is 2.16. The Morgan fingerprint density at radius 2 is 1.95 bits per heavy atom. The molecular weight excluding hydrogens is 280 g/mol. The molecule has 0 bridgehead atoms. The van der Waals surface area contributed by atoms with Gasteiger partial charge in [-0.2, -0.15) is 0 Å². The van der Waals surface area contributed by atoms with Gasteiger partial charge in [0.05, 0.1) is 10.6 Å². The van der Waals surface area contributed by atoms with Gasteiger partial charge in [0.2, 0.25) is 0 Å². The van der Waals surface area contributed by atoms with E-state index in [0.29, 0.717) is 37.2 Å². The van der Waals surface area contributed by atoms with Crippen molar-refractivity contribution in [2.75, 3.05) is 19.3 Å². The number of rotatable bonds is 2. The van der Waals surface area contributed by atoms with E-state index >= 15 is 0 Å². The monoisotopic (exact) mass is 296 g/mol. The number of likely N-dealkylation sites (tertiary alicyclic amines) is 1. The molecule has 2 rings (SSSR count). The predicted molar refractivity (Wildman–Crippen MR) is 73.9 cm³/mol. The molecule has 1 aliphatic rings. The summed E-state index contributed by atoms with van der Waals surface area (Å²) in [5, 5.41) is 11.8. The van der Waals surface area contributed by atoms with E-state index in [0.717, 1.165) is 6.26 Å². The maximum absolute atomic E-state index is 12.3. The van der Waals surface area contributed by atoms with Crippen LogP contribution in [0.5, 0.6) is 0 Å². The predicted octanol–water partition coefficient (Wildman–Crippen LogP) is 1.16. The Balaban J connectivity index is 2.18. The quantitative estimate of drug-likeness (QED) is 0.655. The molecule has 7 heteroatoms. The summed E-state index contributed by atoms with van der Waals surface area (Å²) < 4.78 is 23.0. The van der Waals surface area contributed by atoms with Gasteiger partial charge in [-0.05, 0) is 18.2 Å². The Kier molecular flexibility index (Phi) is 4.08. The summed E-state index contributed by atoms with van der Waals surface area (Å²) in [5.41, 5.74) is 1.04. The molecule has 1 heterocycles. The van der Waals surface area contributed by atoms with Crippen LogP contribution in [0.15, 0.2) is 34.3 Å². The van der Waals surface area contributed by atoms with E-state index in [-0.39, 0.29) is 10.8 Å². The summed E-state index contributed by atoms with van der Waals surface area (Å²) in [6.45, 7) is 0.947. The number of oxime groups is 1. The molecule has 0 aromatic heterocycles. The van der Waals surface area contributed by atoms with Crippen LogP contribution < -0.4 is 0 Å². The third-order valence-electron chi connectivity index (χ3n) is 3.28. The summed E-state index contributed by atoms with van der Waals surface area (Å²) in [6, 6.07) is 6.03. The van der Waals surface area contributed by atoms with Gasteiger partial charge in [0.15, 0.2) is 9.84 Å². The lowest BCUT2D eigenvalue weighted by molar-refractivity contribution is 0.0753. The van der Waals surface area contributed by atoms with Crippen molar-refractivity contribution in [3.8, 4) is 0 Å². The second kappa shape index (κ2) is 5.62. The minimum absolute atomic E-state index is 0.137. The summed E-state index contributed by atoms with van der Waals surface area (Å²) in [4.78, 5) is 14.1. The Morgan fingerprint density at radius 3 is 2.50 bits per heavy atom. The number of carbonyl (C=O) groups excluding carboxylic acids is 1. The average Bonchev–Trinajstić information content (AvgIpc) is 2.46. The third kappa shape index (κ3) is 3.16. The largest absolute Gasteiger partial charge is 0.411 e. The Morgan fingerprint density at radius 1 is 1.30 bits per heavy atom. The number of hydrogen-bond acceptors (Lipinski definition) is 5. The first-order valence-electron chi connectivity index (χ1n) is 6.21. The molecule has 1 saturated heterocycles. The molecule has 20 heavy (non-hydrogen) atoms. The smallest absolute Gasteiger partial charge is 0.253 e. The third-order valence-corrected chi connectivity index (χ3v) is 4.39. The SMILES string of the molecule is CS(=O)(=O)c1cccc(C(=O)N2CCC(=NO)CC2)c1. The molecule has 6 nitrogen and oxygen atoms in total. The standard InChI is InChI=1S/C13H16N2O4S/c1-20(18,19)12-4-2-3-10(9-12)13(16)15-7-5-11(14-17)6-8-15/h2-4,9,17H,5-8H2,1H3. The van der Waals surface area contributed by atoms with Gasteiger partial charge in [-0.3, -0.25) is 4.79 Å². The van der Waals surface area contributed by atoms with Crippen LogP contribution in [0.3, 0.4) is 0 Å². The van der Waals surface area contributed by atoms with E-state index in [1.54, 1.807) is 17.0 Å². The minimum Gasteiger partial charge on any atom is -0.411 e. The molecule has 1 fully saturated rings. The summed E-state index contributed by atoms with van der Waals surface area (Å²) in [6.07, 6.45) is 2.18. The zero-order valence-corrected chi connectivity index (χ0v) is 11.9. The van der Waals surface area contributed by atoms with Gasteiger partial charge in [-0.1, -0.05) is 11.2 Å². The maximum atomic E-state index is 12.3. The molecule has 0 radical (unpaired) electrons. The molecule has 0 spiro atoms. The van der Waals surface area contributed by atoms with Gasteiger partial charge in [-0.15, -0.1) is 0 Å². The lowest BCUT2D eigenvalue weighted by atomic mass is 10.1. The maximum Gasteiger partial charge on any atom is 0.253 e. The number of sulfone groups is 1. The van der Waals surface area contributed by atoms with Crippen LogP contribution in [-0.2, 0) is 9.84 Å². The minimum atomic E-state index is -3.33. The Labute approximate surface area is 117 Å². The molecule has 0 aliphatic carbocycles. The van der Waals surface area contributed by atoms with E-state index < -0.39 is 9.84 Å². The first-order valence-corrected chi connectivity index (χ1v) is 8.10. The van der Waals surface area contributed by atoms with Gasteiger partial charge in [0.1, 0.15) is 0 Å². The highest BCUT2D eigenvalue weighted by molar-refractivity contribution is 7.90. The van der Waals surface area contributed by atoms with Crippen molar-refractivity contribution in [3.63, 3.8) is 0 Å². The van der Waals surface area contributed by atoms with Crippen molar-refractivity contribution >= 4 is 21.5 Å². The van der Waals surface area contributed by atoms with Crippen molar-refractivity contribution < 1.29 is 18.4 Å². The van der Waals surface area contributed by atoms with Gasteiger partial charge in [0, 0.05) is 37.8 Å².